The number of fused-ring (bicyclic) bond motifs is 1. The Labute approximate surface area is 188 Å². The first-order valence-corrected chi connectivity index (χ1v) is 11.5. The predicted octanol–water partition coefficient (Wildman–Crippen LogP) is 5.74. The van der Waals surface area contributed by atoms with E-state index >= 15 is 0 Å². The number of aliphatic carboxylic acids is 1. The van der Waals surface area contributed by atoms with E-state index in [1.54, 1.807) is 47.9 Å². The van der Waals surface area contributed by atoms with Gasteiger partial charge in [0.05, 0.1) is 12.0 Å². The molecular formula is C24H19FN2O2S2. The number of halogens is 1. The van der Waals surface area contributed by atoms with Crippen molar-refractivity contribution in [3.05, 3.63) is 92.8 Å². The second-order valence-electron chi connectivity index (χ2n) is 7.22. The first-order chi connectivity index (χ1) is 15.0. The van der Waals surface area contributed by atoms with Crippen LogP contribution in [-0.2, 0) is 17.6 Å². The van der Waals surface area contributed by atoms with Crippen molar-refractivity contribution in [3.8, 4) is 6.07 Å². The zero-order valence-corrected chi connectivity index (χ0v) is 18.4. The highest BCUT2D eigenvalue weighted by Gasteiger charge is 2.20. The fourth-order valence-corrected chi connectivity index (χ4v) is 5.61. The zero-order valence-electron chi connectivity index (χ0n) is 16.8. The van der Waals surface area contributed by atoms with Crippen molar-refractivity contribution >= 4 is 35.0 Å². The molecule has 1 aliphatic heterocycles. The van der Waals surface area contributed by atoms with Crippen LogP contribution in [0.2, 0.25) is 0 Å². The van der Waals surface area contributed by atoms with Crippen LogP contribution in [0.4, 0.5) is 4.39 Å². The van der Waals surface area contributed by atoms with E-state index in [9.17, 15) is 19.6 Å². The number of hydrogen-bond donors (Lipinski definition) is 1. The number of carboxylic acid groups (broad SMARTS) is 1. The van der Waals surface area contributed by atoms with Gasteiger partial charge in [-0.3, -0.25) is 4.79 Å². The smallest absolute Gasteiger partial charge is 0.307 e. The van der Waals surface area contributed by atoms with Crippen LogP contribution in [0.1, 0.15) is 22.4 Å². The number of carbonyl (C=O) groups is 1. The van der Waals surface area contributed by atoms with Crippen molar-refractivity contribution in [2.45, 2.75) is 24.7 Å². The van der Waals surface area contributed by atoms with E-state index in [0.29, 0.717) is 12.0 Å². The van der Waals surface area contributed by atoms with Crippen LogP contribution in [-0.4, -0.2) is 21.2 Å². The minimum Gasteiger partial charge on any atom is -0.481 e. The van der Waals surface area contributed by atoms with E-state index in [1.807, 2.05) is 17.4 Å². The highest BCUT2D eigenvalue weighted by atomic mass is 32.2. The molecule has 0 atom stereocenters. The maximum Gasteiger partial charge on any atom is 0.307 e. The van der Waals surface area contributed by atoms with Gasteiger partial charge in [-0.2, -0.15) is 5.26 Å². The van der Waals surface area contributed by atoms with Gasteiger partial charge in [-0.25, -0.2) is 4.39 Å². The second kappa shape index (κ2) is 9.04. The third-order valence-electron chi connectivity index (χ3n) is 5.24. The van der Waals surface area contributed by atoms with Crippen LogP contribution in [0.25, 0.3) is 5.52 Å². The molecule has 3 heterocycles. The summed E-state index contributed by atoms with van der Waals surface area (Å²) in [4.78, 5) is 13.5. The van der Waals surface area contributed by atoms with E-state index in [4.69, 9.17) is 0 Å². The molecule has 0 fully saturated rings. The van der Waals surface area contributed by atoms with Crippen molar-refractivity contribution in [2.75, 3.05) is 5.75 Å². The van der Waals surface area contributed by atoms with E-state index in [0.717, 1.165) is 37.9 Å². The van der Waals surface area contributed by atoms with Crippen molar-refractivity contribution in [1.29, 1.82) is 5.26 Å². The minimum absolute atomic E-state index is 0.0634. The summed E-state index contributed by atoms with van der Waals surface area (Å²) in [6.07, 6.45) is 4.43. The third-order valence-corrected chi connectivity index (χ3v) is 7.23. The maximum absolute atomic E-state index is 13.3. The normalized spacial score (nSPS) is 13.6. The average Bonchev–Trinajstić information content (AvgIpc) is 3.01. The van der Waals surface area contributed by atoms with Crippen LogP contribution in [0.3, 0.4) is 0 Å². The van der Waals surface area contributed by atoms with E-state index in [-0.39, 0.29) is 12.2 Å². The van der Waals surface area contributed by atoms with Crippen LogP contribution in [0.15, 0.2) is 69.5 Å². The number of nitriles is 1. The Balaban J connectivity index is 1.78. The average molecular weight is 451 g/mol. The quantitative estimate of drug-likeness (QED) is 0.519. The van der Waals surface area contributed by atoms with Crippen LogP contribution >= 0.6 is 23.5 Å². The molecule has 1 N–H and O–H groups in total. The van der Waals surface area contributed by atoms with Gasteiger partial charge in [0.1, 0.15) is 11.9 Å². The molecule has 0 saturated heterocycles. The molecule has 0 unspecified atom stereocenters. The summed E-state index contributed by atoms with van der Waals surface area (Å²) in [5.41, 5.74) is 5.27. The molecule has 156 valence electrons. The Bertz CT molecular complexity index is 1270. The van der Waals surface area contributed by atoms with Crippen molar-refractivity contribution in [1.82, 2.24) is 4.40 Å². The van der Waals surface area contributed by atoms with Crippen LogP contribution < -0.4 is 0 Å². The molecule has 0 bridgehead atoms. The number of pyridine rings is 1. The number of rotatable bonds is 6. The maximum atomic E-state index is 13.3. The number of carboxylic acids is 1. The molecule has 1 aromatic carbocycles. The Morgan fingerprint density at radius 2 is 2.06 bits per heavy atom. The lowest BCUT2D eigenvalue weighted by molar-refractivity contribution is -0.136. The number of allylic oxidation sites excluding steroid dienone is 1. The van der Waals surface area contributed by atoms with E-state index < -0.39 is 5.97 Å². The monoisotopic (exact) mass is 450 g/mol. The number of aromatic nitrogens is 1. The molecule has 2 aromatic heterocycles. The summed E-state index contributed by atoms with van der Waals surface area (Å²) in [5, 5.41) is 20.8. The third kappa shape index (κ3) is 4.55. The van der Waals surface area contributed by atoms with Gasteiger partial charge in [0.25, 0.3) is 0 Å². The largest absolute Gasteiger partial charge is 0.481 e. The lowest BCUT2D eigenvalue weighted by Gasteiger charge is -2.16. The molecule has 3 aromatic rings. The van der Waals surface area contributed by atoms with Crippen molar-refractivity contribution in [3.63, 3.8) is 0 Å². The van der Waals surface area contributed by atoms with Crippen molar-refractivity contribution < 1.29 is 14.3 Å². The fraction of sp³-hybridized carbons (Fsp3) is 0.167. The summed E-state index contributed by atoms with van der Waals surface area (Å²) in [6.45, 7) is 1.95. The number of nitrogens with zero attached hydrogens (tertiary/aromatic N) is 2. The zero-order chi connectivity index (χ0) is 22.0. The molecule has 31 heavy (non-hydrogen) atoms. The van der Waals surface area contributed by atoms with E-state index in [2.05, 4.69) is 17.6 Å². The summed E-state index contributed by atoms with van der Waals surface area (Å²) in [5.74, 6) is -0.323. The van der Waals surface area contributed by atoms with Crippen LogP contribution in [0, 0.1) is 24.1 Å². The predicted molar refractivity (Wildman–Crippen MR) is 123 cm³/mol. The molecule has 0 radical (unpaired) electrons. The molecule has 0 spiro atoms. The minimum atomic E-state index is -0.880. The van der Waals surface area contributed by atoms with Crippen LogP contribution in [0.5, 0.6) is 0 Å². The highest BCUT2D eigenvalue weighted by molar-refractivity contribution is 8.04. The summed E-state index contributed by atoms with van der Waals surface area (Å²) in [6, 6.07) is 12.2. The molecular weight excluding hydrogens is 431 g/mol. The number of thioether (sulfide) groups is 2. The molecule has 1 aliphatic rings. The summed E-state index contributed by atoms with van der Waals surface area (Å²) >= 11 is 3.30. The standard InChI is InChI=1S/C24H19FN2O2S2/c1-15-20(11-24(28)29)21-7-2-16(12-26)13-27(21)22(15)10-17-14-30-9-8-23(17)31-19-5-3-18(25)4-6-19/h2-9,13H,10-11,14H2,1H3,(H,28,29). The summed E-state index contributed by atoms with van der Waals surface area (Å²) < 4.78 is 15.2. The molecule has 0 aliphatic carbocycles. The topological polar surface area (TPSA) is 65.5 Å². The van der Waals surface area contributed by atoms with Crippen molar-refractivity contribution in [2.24, 2.45) is 0 Å². The Kier molecular flexibility index (Phi) is 6.21. The first-order valence-electron chi connectivity index (χ1n) is 9.64. The van der Waals surface area contributed by atoms with Gasteiger partial charge in [0.2, 0.25) is 0 Å². The number of hydrogen-bond acceptors (Lipinski definition) is 4. The van der Waals surface area contributed by atoms with E-state index in [1.165, 1.54) is 17.7 Å². The second-order valence-corrected chi connectivity index (χ2v) is 9.23. The van der Waals surface area contributed by atoms with Gasteiger partial charge in [-0.1, -0.05) is 11.8 Å². The van der Waals surface area contributed by atoms with Gasteiger partial charge in [-0.05, 0) is 71.5 Å². The van der Waals surface area contributed by atoms with Gasteiger partial charge >= 0.3 is 5.97 Å². The number of benzene rings is 1. The van der Waals surface area contributed by atoms with Gasteiger partial charge in [0, 0.05) is 39.4 Å². The molecule has 4 nitrogen and oxygen atoms in total. The molecule has 4 rings (SSSR count). The fourth-order valence-electron chi connectivity index (χ4n) is 3.70. The molecule has 0 saturated carbocycles. The molecule has 0 amide bonds. The SMILES string of the molecule is Cc1c(CC(=O)O)c2ccc(C#N)cn2c1CC1=C(Sc2ccc(F)cc2)C=CSC1. The Hall–Kier alpha value is -2.95. The highest BCUT2D eigenvalue weighted by Crippen LogP contribution is 2.37. The molecule has 7 heteroatoms. The van der Waals surface area contributed by atoms with Gasteiger partial charge in [-0.15, -0.1) is 11.8 Å². The first kappa shape index (κ1) is 21.3. The van der Waals surface area contributed by atoms with Gasteiger partial charge < -0.3 is 9.51 Å². The lowest BCUT2D eigenvalue weighted by Crippen LogP contribution is -2.04. The Morgan fingerprint density at radius 1 is 1.29 bits per heavy atom. The summed E-state index contributed by atoms with van der Waals surface area (Å²) in [7, 11) is 0. The Morgan fingerprint density at radius 3 is 2.77 bits per heavy atom. The van der Waals surface area contributed by atoms with Gasteiger partial charge in [0.15, 0.2) is 0 Å². The lowest BCUT2D eigenvalue weighted by atomic mass is 10.0.